The topological polar surface area (TPSA) is 81.8 Å². The molecule has 0 aromatic carbocycles. The number of carbonyl (C=O) groups excluding carboxylic acids is 3. The van der Waals surface area contributed by atoms with Crippen molar-refractivity contribution in [2.45, 2.75) is 111 Å². The summed E-state index contributed by atoms with van der Waals surface area (Å²) in [5.74, 6) is -0.156. The van der Waals surface area contributed by atoms with Crippen molar-refractivity contribution < 1.29 is 14.4 Å². The molecule has 3 atom stereocenters. The van der Waals surface area contributed by atoms with E-state index in [2.05, 4.69) is 29.4 Å². The van der Waals surface area contributed by atoms with Crippen LogP contribution in [0.1, 0.15) is 80.6 Å². The molecule has 0 spiro atoms. The number of likely N-dealkylation sites (tertiary alicyclic amines) is 1. The van der Waals surface area contributed by atoms with E-state index in [0.717, 1.165) is 38.6 Å². The highest BCUT2D eigenvalue weighted by Gasteiger charge is 2.36. The van der Waals surface area contributed by atoms with Gasteiger partial charge in [-0.25, -0.2) is 0 Å². The summed E-state index contributed by atoms with van der Waals surface area (Å²) >= 11 is 0. The largest absolute Gasteiger partial charge is 0.350 e. The highest BCUT2D eigenvalue weighted by atomic mass is 16.2. The van der Waals surface area contributed by atoms with Gasteiger partial charge in [0.1, 0.15) is 6.04 Å². The van der Waals surface area contributed by atoms with E-state index in [9.17, 15) is 14.4 Å². The summed E-state index contributed by atoms with van der Waals surface area (Å²) in [4.78, 5) is 43.2. The van der Waals surface area contributed by atoms with Gasteiger partial charge in [-0.2, -0.15) is 0 Å². The summed E-state index contributed by atoms with van der Waals surface area (Å²) in [5, 5.41) is 6.09. The van der Waals surface area contributed by atoms with E-state index in [4.69, 9.17) is 0 Å². The molecule has 0 aromatic rings. The first-order chi connectivity index (χ1) is 15.4. The summed E-state index contributed by atoms with van der Waals surface area (Å²) in [7, 11) is 1.78. The zero-order valence-corrected chi connectivity index (χ0v) is 22.0. The van der Waals surface area contributed by atoms with E-state index in [1.165, 1.54) is 0 Å². The highest BCUT2D eigenvalue weighted by Crippen LogP contribution is 2.22. The molecule has 1 heterocycles. The number of hydrogen-bond acceptors (Lipinski definition) is 4. The van der Waals surface area contributed by atoms with E-state index >= 15 is 0 Å². The molecule has 1 aliphatic heterocycles. The molecule has 1 saturated heterocycles. The van der Waals surface area contributed by atoms with E-state index < -0.39 is 6.04 Å². The average molecular weight is 463 g/mol. The van der Waals surface area contributed by atoms with Gasteiger partial charge in [0.05, 0.1) is 12.1 Å². The van der Waals surface area contributed by atoms with E-state index in [1.807, 2.05) is 33.8 Å². The third-order valence-corrected chi connectivity index (χ3v) is 6.91. The molecule has 3 amide bonds. The smallest absolute Gasteiger partial charge is 0.246 e. The molecule has 7 nitrogen and oxygen atoms in total. The number of hydrogen-bond donors (Lipinski definition) is 2. The quantitative estimate of drug-likeness (QED) is 0.489. The average Bonchev–Trinajstić information content (AvgIpc) is 3.57. The van der Waals surface area contributed by atoms with Crippen LogP contribution < -0.4 is 10.6 Å². The number of amides is 3. The fraction of sp³-hybridized carbons (Fsp3) is 0.808. The molecule has 0 aromatic heterocycles. The van der Waals surface area contributed by atoms with E-state index in [0.29, 0.717) is 11.6 Å². The first kappa shape index (κ1) is 27.4. The molecule has 33 heavy (non-hydrogen) atoms. The van der Waals surface area contributed by atoms with Crippen molar-refractivity contribution in [2.75, 3.05) is 13.6 Å². The molecule has 1 saturated carbocycles. The summed E-state index contributed by atoms with van der Waals surface area (Å²) in [6.45, 7) is 15.0. The Morgan fingerprint density at radius 3 is 2.12 bits per heavy atom. The maximum atomic E-state index is 13.6. The van der Waals surface area contributed by atoms with Crippen LogP contribution in [0.3, 0.4) is 0 Å². The summed E-state index contributed by atoms with van der Waals surface area (Å²) in [6.07, 6.45) is 6.93. The number of nitrogens with zero attached hydrogens (tertiary/aromatic N) is 2. The van der Waals surface area contributed by atoms with Gasteiger partial charge in [0.2, 0.25) is 17.7 Å². The molecule has 188 valence electrons. The lowest BCUT2D eigenvalue weighted by Crippen LogP contribution is -2.58. The fourth-order valence-corrected chi connectivity index (χ4v) is 4.59. The lowest BCUT2D eigenvalue weighted by Gasteiger charge is -2.39. The Balaban J connectivity index is 2.14. The van der Waals surface area contributed by atoms with Gasteiger partial charge >= 0.3 is 0 Å². The van der Waals surface area contributed by atoms with Crippen LogP contribution >= 0.6 is 0 Å². The minimum Gasteiger partial charge on any atom is -0.350 e. The van der Waals surface area contributed by atoms with Crippen molar-refractivity contribution in [3.8, 4) is 0 Å². The normalized spacial score (nSPS) is 21.8. The zero-order chi connectivity index (χ0) is 24.9. The third-order valence-electron chi connectivity index (χ3n) is 6.91. The second kappa shape index (κ2) is 12.0. The summed E-state index contributed by atoms with van der Waals surface area (Å²) < 4.78 is 0. The maximum Gasteiger partial charge on any atom is 0.246 e. The molecule has 2 fully saturated rings. The van der Waals surface area contributed by atoms with Crippen molar-refractivity contribution in [3.63, 3.8) is 0 Å². The minimum atomic E-state index is -0.603. The highest BCUT2D eigenvalue weighted by molar-refractivity contribution is 5.93. The minimum absolute atomic E-state index is 0.0453. The number of likely N-dealkylation sites (N-methyl/N-ethyl adjacent to an activating group) is 1. The van der Waals surface area contributed by atoms with Crippen molar-refractivity contribution in [1.82, 2.24) is 20.4 Å². The van der Waals surface area contributed by atoms with Gasteiger partial charge in [-0.05, 0) is 64.8 Å². The molecule has 1 aliphatic carbocycles. The second-order valence-corrected chi connectivity index (χ2v) is 10.9. The SMILES string of the molecule is C/C(=C\[C@H](C(C)C)N(C)C(=O)C(NC(=O)C1CCCCN1C(C)C)C(C)C)C(=O)NC1CC1. The monoisotopic (exact) mass is 462 g/mol. The number of piperidine rings is 1. The fourth-order valence-electron chi connectivity index (χ4n) is 4.59. The molecule has 0 radical (unpaired) electrons. The maximum absolute atomic E-state index is 13.6. The number of nitrogens with one attached hydrogen (secondary N) is 2. The Hall–Kier alpha value is -1.89. The molecule has 2 unspecified atom stereocenters. The molecular formula is C26H46N4O3. The van der Waals surface area contributed by atoms with Gasteiger partial charge in [0.15, 0.2) is 0 Å². The van der Waals surface area contributed by atoms with Crippen molar-refractivity contribution in [1.29, 1.82) is 0 Å². The molecule has 7 heteroatoms. The van der Waals surface area contributed by atoms with Crippen LogP contribution in [0.5, 0.6) is 0 Å². The van der Waals surface area contributed by atoms with E-state index in [1.54, 1.807) is 18.9 Å². The molecule has 2 rings (SSSR count). The van der Waals surface area contributed by atoms with Gasteiger partial charge < -0.3 is 15.5 Å². The Bertz CT molecular complexity index is 727. The predicted molar refractivity (Wildman–Crippen MR) is 133 cm³/mol. The third kappa shape index (κ3) is 7.56. The summed E-state index contributed by atoms with van der Waals surface area (Å²) in [5.41, 5.74) is 0.625. The van der Waals surface area contributed by atoms with Crippen molar-refractivity contribution in [3.05, 3.63) is 11.6 Å². The Morgan fingerprint density at radius 1 is 0.970 bits per heavy atom. The summed E-state index contributed by atoms with van der Waals surface area (Å²) in [6, 6.07) is -0.441. The molecule has 0 bridgehead atoms. The van der Waals surface area contributed by atoms with Crippen LogP contribution in [0.4, 0.5) is 0 Å². The Morgan fingerprint density at radius 2 is 1.61 bits per heavy atom. The first-order valence-corrected chi connectivity index (χ1v) is 12.8. The number of carbonyl (C=O) groups is 3. The Kier molecular flexibility index (Phi) is 9.95. The molecule has 2 aliphatic rings. The van der Waals surface area contributed by atoms with E-state index in [-0.39, 0.29) is 47.7 Å². The molecular weight excluding hydrogens is 416 g/mol. The lowest BCUT2D eigenvalue weighted by molar-refractivity contribution is -0.140. The van der Waals surface area contributed by atoms with Crippen LogP contribution in [0.25, 0.3) is 0 Å². The van der Waals surface area contributed by atoms with Crippen LogP contribution in [0.2, 0.25) is 0 Å². The Labute approximate surface area is 200 Å². The van der Waals surface area contributed by atoms with Gasteiger partial charge in [-0.3, -0.25) is 19.3 Å². The van der Waals surface area contributed by atoms with Crippen molar-refractivity contribution in [2.24, 2.45) is 11.8 Å². The van der Waals surface area contributed by atoms with Gasteiger partial charge in [-0.15, -0.1) is 0 Å². The van der Waals surface area contributed by atoms with Crippen LogP contribution in [0, 0.1) is 11.8 Å². The lowest BCUT2D eigenvalue weighted by atomic mass is 9.95. The van der Waals surface area contributed by atoms with Gasteiger partial charge in [-0.1, -0.05) is 40.2 Å². The second-order valence-electron chi connectivity index (χ2n) is 10.9. The predicted octanol–water partition coefficient (Wildman–Crippen LogP) is 3.10. The van der Waals surface area contributed by atoms with Gasteiger partial charge in [0, 0.05) is 24.7 Å². The van der Waals surface area contributed by atoms with Crippen LogP contribution in [-0.4, -0.2) is 71.3 Å². The standard InChI is InChI=1S/C26H46N4O3/c1-16(2)22(15-19(7)24(31)27-20-12-13-20)29(8)26(33)23(17(3)4)28-25(32)21-11-9-10-14-30(21)18(5)6/h15-18,20-23H,9-14H2,1-8H3,(H,27,31)(H,28,32)/b19-15+/t21?,22-,23?/m1/s1. The molecule has 2 N–H and O–H groups in total. The number of rotatable bonds is 10. The zero-order valence-electron chi connectivity index (χ0n) is 22.0. The van der Waals surface area contributed by atoms with Crippen LogP contribution in [0.15, 0.2) is 11.6 Å². The van der Waals surface area contributed by atoms with Gasteiger partial charge in [0.25, 0.3) is 0 Å². The van der Waals surface area contributed by atoms with Crippen LogP contribution in [-0.2, 0) is 14.4 Å². The first-order valence-electron chi connectivity index (χ1n) is 12.8. The van der Waals surface area contributed by atoms with Crippen molar-refractivity contribution >= 4 is 17.7 Å².